The fraction of sp³-hybridized carbons (Fsp3) is 0.714. The van der Waals surface area contributed by atoms with Crippen LogP contribution in [-0.4, -0.2) is 29.1 Å². The van der Waals surface area contributed by atoms with Gasteiger partial charge in [0.1, 0.15) is 5.82 Å². The van der Waals surface area contributed by atoms with Gasteiger partial charge in [-0.05, 0) is 18.8 Å². The first-order valence-electron chi connectivity index (χ1n) is 6.94. The minimum Gasteiger partial charge on any atom is -0.355 e. The van der Waals surface area contributed by atoms with E-state index in [9.17, 15) is 0 Å². The highest BCUT2D eigenvalue weighted by molar-refractivity contribution is 5.36. The maximum Gasteiger partial charge on any atom is 0.147 e. The lowest BCUT2D eigenvalue weighted by atomic mass is 10.0. The predicted octanol–water partition coefficient (Wildman–Crippen LogP) is 2.21. The summed E-state index contributed by atoms with van der Waals surface area (Å²) in [5.41, 5.74) is 1.03. The van der Waals surface area contributed by atoms with Gasteiger partial charge in [0.25, 0.3) is 0 Å². The predicted molar refractivity (Wildman–Crippen MR) is 74.6 cm³/mol. The molecule has 100 valence electrons. The third kappa shape index (κ3) is 3.67. The average molecular weight is 248 g/mol. The highest BCUT2D eigenvalue weighted by Gasteiger charge is 2.17. The molecule has 0 spiro atoms. The molecule has 4 heteroatoms. The Labute approximate surface area is 110 Å². The minimum atomic E-state index is 0.477. The van der Waals surface area contributed by atoms with Gasteiger partial charge >= 0.3 is 0 Å². The molecule has 18 heavy (non-hydrogen) atoms. The molecule has 2 rings (SSSR count). The summed E-state index contributed by atoms with van der Waals surface area (Å²) in [6.07, 6.45) is 6.33. The lowest BCUT2D eigenvalue weighted by Gasteiger charge is -2.31. The first kappa shape index (κ1) is 13.3. The van der Waals surface area contributed by atoms with Crippen LogP contribution in [0.25, 0.3) is 0 Å². The van der Waals surface area contributed by atoms with E-state index in [2.05, 4.69) is 36.0 Å². The molecule has 0 radical (unpaired) electrons. The maximum atomic E-state index is 4.70. The molecule has 1 aliphatic heterocycles. The summed E-state index contributed by atoms with van der Waals surface area (Å²) in [7, 11) is 0. The largest absolute Gasteiger partial charge is 0.355 e. The average Bonchev–Trinajstić information content (AvgIpc) is 2.37. The molecule has 1 aromatic heterocycles. The number of hydrogen-bond donors (Lipinski definition) is 1. The summed E-state index contributed by atoms with van der Waals surface area (Å²) in [6.45, 7) is 9.61. The second-order valence-electron chi connectivity index (χ2n) is 5.60. The van der Waals surface area contributed by atoms with E-state index in [1.165, 1.54) is 12.8 Å². The summed E-state index contributed by atoms with van der Waals surface area (Å²) < 4.78 is 0. The van der Waals surface area contributed by atoms with E-state index in [1.807, 2.05) is 12.4 Å². The Morgan fingerprint density at radius 1 is 1.44 bits per heavy atom. The normalized spacial score (nSPS) is 20.4. The third-order valence-electron chi connectivity index (χ3n) is 3.34. The van der Waals surface area contributed by atoms with Crippen LogP contribution in [0.2, 0.25) is 0 Å². The van der Waals surface area contributed by atoms with Crippen molar-refractivity contribution >= 4 is 5.82 Å². The number of anilines is 1. The van der Waals surface area contributed by atoms with E-state index < -0.39 is 0 Å². The van der Waals surface area contributed by atoms with Gasteiger partial charge in [-0.25, -0.2) is 4.98 Å². The fourth-order valence-corrected chi connectivity index (χ4v) is 2.34. The molecular weight excluding hydrogens is 224 g/mol. The second-order valence-corrected chi connectivity index (χ2v) is 5.60. The van der Waals surface area contributed by atoms with Gasteiger partial charge < -0.3 is 10.2 Å². The summed E-state index contributed by atoms with van der Waals surface area (Å²) in [5, 5.41) is 3.38. The van der Waals surface area contributed by atoms with Crippen molar-refractivity contribution in [3.05, 3.63) is 18.1 Å². The Kier molecular flexibility index (Phi) is 4.53. The van der Waals surface area contributed by atoms with Crippen LogP contribution in [-0.2, 0) is 6.54 Å². The van der Waals surface area contributed by atoms with Crippen LogP contribution in [0.15, 0.2) is 12.4 Å². The highest BCUT2D eigenvalue weighted by Crippen LogP contribution is 2.20. The fourth-order valence-electron chi connectivity index (χ4n) is 2.34. The van der Waals surface area contributed by atoms with Crippen molar-refractivity contribution in [2.24, 2.45) is 5.92 Å². The lowest BCUT2D eigenvalue weighted by molar-refractivity contribution is 0.443. The van der Waals surface area contributed by atoms with E-state index in [0.29, 0.717) is 6.04 Å². The van der Waals surface area contributed by atoms with Crippen LogP contribution in [0.4, 0.5) is 5.82 Å². The van der Waals surface area contributed by atoms with Crippen molar-refractivity contribution in [3.63, 3.8) is 0 Å². The lowest BCUT2D eigenvalue weighted by Crippen LogP contribution is -2.35. The standard InChI is InChI=1S/C14H24N4/c1-11(2)16-8-13-7-15-9-14(17-13)18-6-4-5-12(3)10-18/h7,9,11-12,16H,4-6,8,10H2,1-3H3. The molecule has 1 N–H and O–H groups in total. The first-order valence-corrected chi connectivity index (χ1v) is 6.94. The number of rotatable bonds is 4. The monoisotopic (exact) mass is 248 g/mol. The molecule has 1 fully saturated rings. The number of piperidine rings is 1. The number of hydrogen-bond acceptors (Lipinski definition) is 4. The van der Waals surface area contributed by atoms with Crippen LogP contribution in [0.1, 0.15) is 39.3 Å². The van der Waals surface area contributed by atoms with Gasteiger partial charge in [0.05, 0.1) is 11.9 Å². The molecule has 1 aromatic rings. The molecule has 0 aromatic carbocycles. The van der Waals surface area contributed by atoms with Crippen molar-refractivity contribution in [1.29, 1.82) is 0 Å². The van der Waals surface area contributed by atoms with Gasteiger partial charge in [0, 0.05) is 31.9 Å². The van der Waals surface area contributed by atoms with Gasteiger partial charge in [-0.2, -0.15) is 0 Å². The van der Waals surface area contributed by atoms with Crippen molar-refractivity contribution in [1.82, 2.24) is 15.3 Å². The number of aromatic nitrogens is 2. The van der Waals surface area contributed by atoms with Crippen molar-refractivity contribution in [3.8, 4) is 0 Å². The summed E-state index contributed by atoms with van der Waals surface area (Å²) in [4.78, 5) is 11.4. The molecule has 0 bridgehead atoms. The van der Waals surface area contributed by atoms with Crippen LogP contribution in [0.3, 0.4) is 0 Å². The van der Waals surface area contributed by atoms with Crippen LogP contribution >= 0.6 is 0 Å². The summed E-state index contributed by atoms with van der Waals surface area (Å²) in [5.74, 6) is 1.79. The number of nitrogens with one attached hydrogen (secondary N) is 1. The van der Waals surface area contributed by atoms with E-state index in [0.717, 1.165) is 37.1 Å². The van der Waals surface area contributed by atoms with E-state index in [4.69, 9.17) is 4.98 Å². The van der Waals surface area contributed by atoms with E-state index in [1.54, 1.807) is 0 Å². The van der Waals surface area contributed by atoms with Gasteiger partial charge in [0.2, 0.25) is 0 Å². The molecule has 0 amide bonds. The zero-order chi connectivity index (χ0) is 13.0. The molecule has 1 saturated heterocycles. The Bertz CT molecular complexity index is 378. The zero-order valence-electron chi connectivity index (χ0n) is 11.7. The van der Waals surface area contributed by atoms with E-state index in [-0.39, 0.29) is 0 Å². The van der Waals surface area contributed by atoms with Gasteiger partial charge in [-0.3, -0.25) is 4.98 Å². The van der Waals surface area contributed by atoms with Crippen LogP contribution in [0, 0.1) is 5.92 Å². The Hall–Kier alpha value is -1.16. The highest BCUT2D eigenvalue weighted by atomic mass is 15.2. The molecule has 4 nitrogen and oxygen atoms in total. The minimum absolute atomic E-state index is 0.477. The van der Waals surface area contributed by atoms with Gasteiger partial charge in [-0.15, -0.1) is 0 Å². The third-order valence-corrected chi connectivity index (χ3v) is 3.34. The van der Waals surface area contributed by atoms with Crippen molar-refractivity contribution < 1.29 is 0 Å². The molecule has 1 unspecified atom stereocenters. The molecule has 1 aliphatic rings. The topological polar surface area (TPSA) is 41.1 Å². The molecule has 2 heterocycles. The Balaban J connectivity index is 2.02. The second kappa shape index (κ2) is 6.14. The first-order chi connectivity index (χ1) is 8.65. The van der Waals surface area contributed by atoms with Gasteiger partial charge in [-0.1, -0.05) is 20.8 Å². The van der Waals surface area contributed by atoms with Crippen molar-refractivity contribution in [2.75, 3.05) is 18.0 Å². The number of nitrogens with zero attached hydrogens (tertiary/aromatic N) is 3. The van der Waals surface area contributed by atoms with Crippen molar-refractivity contribution in [2.45, 2.75) is 46.2 Å². The molecular formula is C14H24N4. The van der Waals surface area contributed by atoms with Crippen LogP contribution < -0.4 is 10.2 Å². The molecule has 0 saturated carbocycles. The summed E-state index contributed by atoms with van der Waals surface area (Å²) >= 11 is 0. The molecule has 1 atom stereocenters. The van der Waals surface area contributed by atoms with Gasteiger partial charge in [0.15, 0.2) is 0 Å². The van der Waals surface area contributed by atoms with E-state index >= 15 is 0 Å². The quantitative estimate of drug-likeness (QED) is 0.887. The smallest absolute Gasteiger partial charge is 0.147 e. The Morgan fingerprint density at radius 2 is 2.28 bits per heavy atom. The molecule has 0 aliphatic carbocycles. The van der Waals surface area contributed by atoms with Crippen LogP contribution in [0.5, 0.6) is 0 Å². The Morgan fingerprint density at radius 3 is 3.00 bits per heavy atom. The SMILES string of the molecule is CC1CCCN(c2cncc(CNC(C)C)n2)C1. The maximum absolute atomic E-state index is 4.70. The zero-order valence-corrected chi connectivity index (χ0v) is 11.7. The summed E-state index contributed by atoms with van der Waals surface area (Å²) in [6, 6.07) is 0.477.